The number of methoxy groups -OCH3 is 2. The molecule has 1 heterocycles. The number of rotatable bonds is 24. The highest BCUT2D eigenvalue weighted by atomic mass is 79.9. The van der Waals surface area contributed by atoms with E-state index in [9.17, 15) is 0 Å². The lowest BCUT2D eigenvalue weighted by atomic mass is 9.96. The van der Waals surface area contributed by atoms with Crippen molar-refractivity contribution in [1.82, 2.24) is 0 Å². The molecule has 3 N–H and O–H groups in total. The van der Waals surface area contributed by atoms with E-state index in [-0.39, 0.29) is 17.3 Å². The zero-order chi connectivity index (χ0) is 49.7. The smallest absolute Gasteiger partial charge is 0.194 e. The first-order valence-electron chi connectivity index (χ1n) is 24.8. The Balaban J connectivity index is 0.000000196. The number of hydrogen-bond acceptors (Lipinski definition) is 9. The van der Waals surface area contributed by atoms with E-state index in [0.717, 1.165) is 85.5 Å². The zero-order valence-electron chi connectivity index (χ0n) is 41.4. The summed E-state index contributed by atoms with van der Waals surface area (Å²) in [7, 11) is 4.94. The standard InChI is InChI=1S/C21H25BrOS2.C20H26O3.C19H23NO2/c22-20-11-7-18(8-12-20)17-5-9-19(10-6-17)21(13-2-1-3-14-23)24-15-4-16-25-21;1-22-20(23-2,15-7-4-8-16-21)19-13-11-18(12-14-19)17-9-5-3-6-10-17;1-22-20-19(10-6-3-7-15-21)18-13-11-17(12-14-18)16-8-4-2-5-9-16/h5-12,23H,1-4,13-16H2;3,5-6,9-14,21H,4,7-8,15-16H2,1-2H3;2,4-5,8-9,11-14,21H,3,6-7,10,15H2,1H3/b;;20-19+. The van der Waals surface area contributed by atoms with Crippen LogP contribution in [0.3, 0.4) is 0 Å². The molecule has 0 aliphatic carbocycles. The molecule has 1 aliphatic heterocycles. The Labute approximate surface area is 435 Å². The summed E-state index contributed by atoms with van der Waals surface area (Å²) in [6.07, 6.45) is 12.9. The average molecular weight is 1050 g/mol. The normalized spacial score (nSPS) is 13.4. The van der Waals surface area contributed by atoms with Crippen LogP contribution in [0.5, 0.6) is 0 Å². The van der Waals surface area contributed by atoms with Gasteiger partial charge >= 0.3 is 0 Å². The zero-order valence-corrected chi connectivity index (χ0v) is 44.7. The van der Waals surface area contributed by atoms with Crippen molar-refractivity contribution in [2.45, 2.75) is 93.3 Å². The van der Waals surface area contributed by atoms with E-state index in [1.165, 1.54) is 69.7 Å². The van der Waals surface area contributed by atoms with E-state index < -0.39 is 5.79 Å². The molecule has 0 radical (unpaired) electrons. The van der Waals surface area contributed by atoms with E-state index in [0.29, 0.717) is 6.61 Å². The van der Waals surface area contributed by atoms with Gasteiger partial charge in [-0.3, -0.25) is 0 Å². The fourth-order valence-corrected chi connectivity index (χ4v) is 12.2. The van der Waals surface area contributed by atoms with Crippen molar-refractivity contribution in [3.05, 3.63) is 179 Å². The van der Waals surface area contributed by atoms with E-state index in [1.807, 2.05) is 36.4 Å². The molecule has 6 aromatic carbocycles. The van der Waals surface area contributed by atoms with Crippen LogP contribution in [0.15, 0.2) is 167 Å². The van der Waals surface area contributed by atoms with E-state index in [2.05, 4.69) is 166 Å². The van der Waals surface area contributed by atoms with Crippen molar-refractivity contribution >= 4 is 45.2 Å². The highest BCUT2D eigenvalue weighted by molar-refractivity contribution is 9.10. The number of halogens is 1. The molecule has 0 aromatic heterocycles. The van der Waals surface area contributed by atoms with Gasteiger partial charge in [-0.1, -0.05) is 192 Å². The minimum Gasteiger partial charge on any atom is -0.399 e. The number of aliphatic hydroxyl groups excluding tert-OH is 3. The van der Waals surface area contributed by atoms with Crippen molar-refractivity contribution in [1.29, 1.82) is 0 Å². The maximum absolute atomic E-state index is 9.03. The van der Waals surface area contributed by atoms with E-state index in [4.69, 9.17) is 29.6 Å². The van der Waals surface area contributed by atoms with Gasteiger partial charge in [-0.2, -0.15) is 0 Å². The molecule has 1 aliphatic rings. The second-order valence-electron chi connectivity index (χ2n) is 17.3. The van der Waals surface area contributed by atoms with Crippen LogP contribution in [0.4, 0.5) is 0 Å². The number of thioether (sulfide) groups is 2. The quantitative estimate of drug-likeness (QED) is 0.0239. The highest BCUT2D eigenvalue weighted by Crippen LogP contribution is 2.53. The molecule has 0 atom stereocenters. The fraction of sp³-hybridized carbons (Fsp3) is 0.383. The maximum atomic E-state index is 9.03. The van der Waals surface area contributed by atoms with Gasteiger partial charge in [0, 0.05) is 50.5 Å². The van der Waals surface area contributed by atoms with E-state index >= 15 is 0 Å². The predicted octanol–water partition coefficient (Wildman–Crippen LogP) is 15.3. The van der Waals surface area contributed by atoms with Gasteiger partial charge in [0.05, 0.1) is 9.79 Å². The molecule has 6 aromatic rings. The third-order valence-corrected chi connectivity index (χ3v) is 16.5. The van der Waals surface area contributed by atoms with Crippen LogP contribution >= 0.6 is 39.5 Å². The molecule has 0 amide bonds. The largest absolute Gasteiger partial charge is 0.399 e. The molecule has 7 rings (SSSR count). The third-order valence-electron chi connectivity index (χ3n) is 12.5. The van der Waals surface area contributed by atoms with Gasteiger partial charge in [-0.05, 0) is 120 Å². The van der Waals surface area contributed by atoms with Crippen LogP contribution in [0, 0.1) is 0 Å². The van der Waals surface area contributed by atoms with Crippen LogP contribution in [-0.4, -0.2) is 73.7 Å². The number of nitrogens with zero attached hydrogens (tertiary/aromatic N) is 1. The molecule has 0 saturated carbocycles. The first-order chi connectivity index (χ1) is 34.3. The van der Waals surface area contributed by atoms with Crippen LogP contribution in [0.25, 0.3) is 33.4 Å². The second kappa shape index (κ2) is 32.0. The summed E-state index contributed by atoms with van der Waals surface area (Å²) < 4.78 is 12.7. The first kappa shape index (κ1) is 56.7. The Morgan fingerprint density at radius 1 is 0.529 bits per heavy atom. The van der Waals surface area contributed by atoms with Crippen molar-refractivity contribution in [3.8, 4) is 33.4 Å². The summed E-state index contributed by atoms with van der Waals surface area (Å²) in [5.41, 5.74) is 11.8. The monoisotopic (exact) mass is 1050 g/mol. The van der Waals surface area contributed by atoms with Gasteiger partial charge < -0.3 is 29.6 Å². The summed E-state index contributed by atoms with van der Waals surface area (Å²) in [5, 5.41) is 30.9. The first-order valence-corrected chi connectivity index (χ1v) is 27.6. The number of aliphatic hydroxyl groups is 3. The molecular weight excluding hydrogens is 975 g/mol. The lowest BCUT2D eigenvalue weighted by molar-refractivity contribution is -0.221. The molecule has 0 spiro atoms. The summed E-state index contributed by atoms with van der Waals surface area (Å²) >= 11 is 7.74. The van der Waals surface area contributed by atoms with Crippen molar-refractivity contribution in [3.63, 3.8) is 0 Å². The topological polar surface area (TPSA) is 101 Å². The average Bonchev–Trinajstić information content (AvgIpc) is 3.42. The number of benzene rings is 6. The van der Waals surface area contributed by atoms with Crippen molar-refractivity contribution in [2.24, 2.45) is 5.16 Å². The molecular formula is C60H74BrNO6S2. The number of hydrogen-bond donors (Lipinski definition) is 3. The Morgan fingerprint density at radius 3 is 1.46 bits per heavy atom. The molecule has 70 heavy (non-hydrogen) atoms. The second-order valence-corrected chi connectivity index (χ2v) is 21.2. The Kier molecular flexibility index (Phi) is 25.9. The van der Waals surface area contributed by atoms with Crippen LogP contribution in [0.1, 0.15) is 100 Å². The molecule has 1 fully saturated rings. The summed E-state index contributed by atoms with van der Waals surface area (Å²) in [4.78, 5) is 4.97. The Morgan fingerprint density at radius 2 is 0.971 bits per heavy atom. The summed E-state index contributed by atoms with van der Waals surface area (Å²) in [5.74, 6) is 1.79. The molecule has 1 saturated heterocycles. The van der Waals surface area contributed by atoms with Crippen molar-refractivity contribution < 1.29 is 29.6 Å². The molecule has 10 heteroatoms. The van der Waals surface area contributed by atoms with Gasteiger partial charge in [0.15, 0.2) is 5.79 Å². The molecule has 0 bridgehead atoms. The number of oxime groups is 1. The Bertz CT molecular complexity index is 2320. The van der Waals surface area contributed by atoms with Crippen molar-refractivity contribution in [2.75, 3.05) is 52.7 Å². The number of ether oxygens (including phenoxy) is 2. The van der Waals surface area contributed by atoms with Gasteiger partial charge in [0.1, 0.15) is 7.11 Å². The third kappa shape index (κ3) is 17.8. The summed E-state index contributed by atoms with van der Waals surface area (Å²) in [6.45, 7) is 0.802. The van der Waals surface area contributed by atoms with E-state index in [1.54, 1.807) is 21.3 Å². The fourth-order valence-electron chi connectivity index (χ4n) is 8.52. The molecule has 0 unspecified atom stereocenters. The Hall–Kier alpha value is -4.23. The predicted molar refractivity (Wildman–Crippen MR) is 300 cm³/mol. The van der Waals surface area contributed by atoms with Crippen LogP contribution in [-0.2, 0) is 24.2 Å². The van der Waals surface area contributed by atoms with Gasteiger partial charge in [0.2, 0.25) is 0 Å². The SMILES string of the molecule is CO/N=C(\CCCCCO)c1ccc(-c2ccccc2)cc1.COC(CCCCCO)(OC)c1ccc(-c2ccccc2)cc1.OCCCCCC1(c2ccc(-c3ccc(Br)cc3)cc2)SCCCS1. The number of unbranched alkanes of at least 4 members (excludes halogenated alkanes) is 6. The maximum Gasteiger partial charge on any atom is 0.194 e. The van der Waals surface area contributed by atoms with Crippen LogP contribution < -0.4 is 0 Å². The summed E-state index contributed by atoms with van der Waals surface area (Å²) in [6, 6.07) is 55.1. The van der Waals surface area contributed by atoms with Crippen LogP contribution in [0.2, 0.25) is 0 Å². The molecule has 7 nitrogen and oxygen atoms in total. The van der Waals surface area contributed by atoms with Gasteiger partial charge in [0.25, 0.3) is 0 Å². The van der Waals surface area contributed by atoms with Gasteiger partial charge in [-0.15, -0.1) is 23.5 Å². The minimum absolute atomic E-state index is 0.200. The highest BCUT2D eigenvalue weighted by Gasteiger charge is 2.35. The lowest BCUT2D eigenvalue weighted by Gasteiger charge is -2.37. The minimum atomic E-state index is -0.718. The van der Waals surface area contributed by atoms with Gasteiger partial charge in [-0.25, -0.2) is 0 Å². The molecule has 374 valence electrons. The lowest BCUT2D eigenvalue weighted by Crippen LogP contribution is -2.30.